The van der Waals surface area contributed by atoms with Crippen molar-refractivity contribution < 1.29 is 35.7 Å². The fourth-order valence-corrected chi connectivity index (χ4v) is 1.65. The lowest BCUT2D eigenvalue weighted by Crippen LogP contribution is -2.10. The molecule has 0 rings (SSSR count). The molecule has 16 heavy (non-hydrogen) atoms. The number of rotatable bonds is 9. The van der Waals surface area contributed by atoms with Crippen LogP contribution in [-0.4, -0.2) is 32.7 Å². The van der Waals surface area contributed by atoms with Gasteiger partial charge in [-0.1, -0.05) is 6.08 Å². The van der Waals surface area contributed by atoms with Crippen molar-refractivity contribution in [1.29, 1.82) is 0 Å². The zero-order chi connectivity index (χ0) is 12.6. The maximum atomic E-state index is 11.8. The van der Waals surface area contributed by atoms with Crippen LogP contribution in [0.3, 0.4) is 0 Å². The summed E-state index contributed by atoms with van der Waals surface area (Å²) in [5.41, 5.74) is 0. The predicted octanol–water partition coefficient (Wildman–Crippen LogP) is 2.86. The first kappa shape index (κ1) is 15.6. The van der Waals surface area contributed by atoms with Crippen LogP contribution in [0.15, 0.2) is 12.7 Å². The van der Waals surface area contributed by atoms with Crippen LogP contribution in [0.1, 0.15) is 0 Å². The highest BCUT2D eigenvalue weighted by atomic mass is 31.2. The van der Waals surface area contributed by atoms with Crippen molar-refractivity contribution >= 4 is 7.82 Å². The summed E-state index contributed by atoms with van der Waals surface area (Å²) in [5.74, 6) is 0. The number of hydrogen-bond donors (Lipinski definition) is 0. The summed E-state index contributed by atoms with van der Waals surface area (Å²) in [7, 11) is -4.37. The molecule has 9 heteroatoms. The fourth-order valence-electron chi connectivity index (χ4n) is 0.551. The monoisotopic (exact) mass is 266 g/mol. The molecule has 0 saturated heterocycles. The summed E-state index contributed by atoms with van der Waals surface area (Å²) in [5, 5.41) is 0. The van der Waals surface area contributed by atoms with Crippen molar-refractivity contribution in [1.82, 2.24) is 0 Å². The first-order valence-electron chi connectivity index (χ1n) is 4.10. The van der Waals surface area contributed by atoms with Gasteiger partial charge in [0.15, 0.2) is 0 Å². The van der Waals surface area contributed by atoms with E-state index in [2.05, 4.69) is 20.2 Å². The lowest BCUT2D eigenvalue weighted by molar-refractivity contribution is 0.0214. The molecule has 0 aliphatic carbocycles. The summed E-state index contributed by atoms with van der Waals surface area (Å²) >= 11 is 0. The maximum Gasteiger partial charge on any atom is 0.475 e. The van der Waals surface area contributed by atoms with Crippen LogP contribution in [0.2, 0.25) is 0 Å². The highest BCUT2D eigenvalue weighted by Crippen LogP contribution is 2.49. The smallest absolute Gasteiger partial charge is 0.283 e. The zero-order valence-electron chi connectivity index (χ0n) is 8.15. The molecule has 0 aromatic rings. The Labute approximate surface area is 89.8 Å². The SMILES string of the molecule is C=CCOP(=O)(OCC(F)F)OCC(F)F. The van der Waals surface area contributed by atoms with E-state index in [1.807, 2.05) is 0 Å². The van der Waals surface area contributed by atoms with E-state index in [1.54, 1.807) is 0 Å². The molecule has 0 bridgehead atoms. The maximum absolute atomic E-state index is 11.8. The molecule has 0 aromatic carbocycles. The molecule has 0 aliphatic heterocycles. The molecule has 0 aromatic heterocycles. The van der Waals surface area contributed by atoms with Crippen LogP contribution in [-0.2, 0) is 18.1 Å². The van der Waals surface area contributed by atoms with Gasteiger partial charge in [0.25, 0.3) is 12.9 Å². The molecule has 0 fully saturated rings. The lowest BCUT2D eigenvalue weighted by atomic mass is 10.7. The number of phosphoric ester groups is 1. The fraction of sp³-hybridized carbons (Fsp3) is 0.714. The lowest BCUT2D eigenvalue weighted by Gasteiger charge is -2.16. The number of alkyl halides is 4. The first-order valence-corrected chi connectivity index (χ1v) is 5.56. The van der Waals surface area contributed by atoms with E-state index in [0.29, 0.717) is 0 Å². The van der Waals surface area contributed by atoms with Gasteiger partial charge in [0.2, 0.25) is 0 Å². The van der Waals surface area contributed by atoms with Gasteiger partial charge in [0, 0.05) is 0 Å². The van der Waals surface area contributed by atoms with Crippen molar-refractivity contribution in [2.75, 3.05) is 19.8 Å². The molecule has 0 aliphatic rings. The molecule has 0 atom stereocenters. The van der Waals surface area contributed by atoms with Crippen molar-refractivity contribution in [2.45, 2.75) is 12.9 Å². The Bertz CT molecular complexity index is 233. The van der Waals surface area contributed by atoms with Gasteiger partial charge >= 0.3 is 7.82 Å². The highest BCUT2D eigenvalue weighted by molar-refractivity contribution is 7.48. The van der Waals surface area contributed by atoms with Gasteiger partial charge < -0.3 is 0 Å². The van der Waals surface area contributed by atoms with Gasteiger partial charge in [-0.2, -0.15) is 0 Å². The van der Waals surface area contributed by atoms with Crippen LogP contribution >= 0.6 is 7.82 Å². The number of halogens is 4. The van der Waals surface area contributed by atoms with Gasteiger partial charge in [0.1, 0.15) is 13.2 Å². The van der Waals surface area contributed by atoms with E-state index in [9.17, 15) is 22.1 Å². The van der Waals surface area contributed by atoms with Gasteiger partial charge in [-0.05, 0) is 0 Å². The molecular formula is C7H11F4O4P. The standard InChI is InChI=1S/C7H11F4O4P/c1-2-3-13-16(12,14-4-6(8)9)15-5-7(10)11/h2,6-7H,1,3-5H2. The van der Waals surface area contributed by atoms with E-state index in [4.69, 9.17) is 0 Å². The molecule has 0 N–H and O–H groups in total. The molecule has 0 radical (unpaired) electrons. The Balaban J connectivity index is 4.23. The molecule has 0 unspecified atom stereocenters. The van der Waals surface area contributed by atoms with Gasteiger partial charge in [0.05, 0.1) is 6.61 Å². The van der Waals surface area contributed by atoms with E-state index in [-0.39, 0.29) is 6.61 Å². The summed E-state index contributed by atoms with van der Waals surface area (Å²) in [6, 6.07) is 0. The molecule has 96 valence electrons. The Morgan fingerprint density at radius 1 is 1.06 bits per heavy atom. The third kappa shape index (κ3) is 7.81. The largest absolute Gasteiger partial charge is 0.475 e. The average Bonchev–Trinajstić information content (AvgIpc) is 2.21. The summed E-state index contributed by atoms with van der Waals surface area (Å²) in [6.45, 7) is 0.422. The molecule has 0 saturated carbocycles. The second kappa shape index (κ2) is 7.78. The molecule has 0 amide bonds. The van der Waals surface area contributed by atoms with Crippen LogP contribution in [0.4, 0.5) is 17.6 Å². The topological polar surface area (TPSA) is 44.8 Å². The van der Waals surface area contributed by atoms with Crippen LogP contribution in [0.25, 0.3) is 0 Å². The first-order chi connectivity index (χ1) is 7.39. The second-order valence-electron chi connectivity index (χ2n) is 2.41. The summed E-state index contributed by atoms with van der Waals surface area (Å²) in [4.78, 5) is 0. The normalized spacial score (nSPS) is 12.4. The molecule has 0 heterocycles. The van der Waals surface area contributed by atoms with Crippen molar-refractivity contribution in [3.63, 3.8) is 0 Å². The number of phosphoric acid groups is 1. The molecule has 0 spiro atoms. The highest BCUT2D eigenvalue weighted by Gasteiger charge is 2.29. The third-order valence-electron chi connectivity index (χ3n) is 1.07. The van der Waals surface area contributed by atoms with Crippen LogP contribution in [0.5, 0.6) is 0 Å². The molecular weight excluding hydrogens is 255 g/mol. The summed E-state index contributed by atoms with van der Waals surface area (Å²) < 4.78 is 71.1. The van der Waals surface area contributed by atoms with Crippen molar-refractivity contribution in [3.05, 3.63) is 12.7 Å². The van der Waals surface area contributed by atoms with Gasteiger partial charge in [-0.25, -0.2) is 22.1 Å². The van der Waals surface area contributed by atoms with E-state index in [0.717, 1.165) is 6.08 Å². The predicted molar refractivity (Wildman–Crippen MR) is 47.7 cm³/mol. The number of hydrogen-bond acceptors (Lipinski definition) is 4. The minimum absolute atomic E-state index is 0.330. The zero-order valence-corrected chi connectivity index (χ0v) is 9.05. The van der Waals surface area contributed by atoms with Crippen molar-refractivity contribution in [3.8, 4) is 0 Å². The average molecular weight is 266 g/mol. The quantitative estimate of drug-likeness (QED) is 0.365. The Morgan fingerprint density at radius 2 is 1.50 bits per heavy atom. The van der Waals surface area contributed by atoms with Crippen molar-refractivity contribution in [2.24, 2.45) is 0 Å². The van der Waals surface area contributed by atoms with E-state index < -0.39 is 33.9 Å². The molecule has 4 nitrogen and oxygen atoms in total. The minimum Gasteiger partial charge on any atom is -0.283 e. The Morgan fingerprint density at radius 3 is 1.81 bits per heavy atom. The Hall–Kier alpha value is -0.430. The van der Waals surface area contributed by atoms with Gasteiger partial charge in [-0.3, -0.25) is 13.6 Å². The van der Waals surface area contributed by atoms with Crippen LogP contribution < -0.4 is 0 Å². The van der Waals surface area contributed by atoms with E-state index >= 15 is 0 Å². The summed E-state index contributed by atoms with van der Waals surface area (Å²) in [6.07, 6.45) is -4.67. The van der Waals surface area contributed by atoms with Gasteiger partial charge in [-0.15, -0.1) is 6.58 Å². The second-order valence-corrected chi connectivity index (χ2v) is 4.07. The minimum atomic E-state index is -4.37. The Kier molecular flexibility index (Phi) is 7.57. The van der Waals surface area contributed by atoms with E-state index in [1.165, 1.54) is 0 Å². The van der Waals surface area contributed by atoms with Crippen LogP contribution in [0, 0.1) is 0 Å². The third-order valence-corrected chi connectivity index (χ3v) is 2.46.